The van der Waals surface area contributed by atoms with E-state index in [1.807, 2.05) is 0 Å². The fourth-order valence-corrected chi connectivity index (χ4v) is 3.30. The second kappa shape index (κ2) is 5.19. The smallest absolute Gasteiger partial charge is 0.245 e. The van der Waals surface area contributed by atoms with Crippen LogP contribution in [0.25, 0.3) is 0 Å². The summed E-state index contributed by atoms with van der Waals surface area (Å²) in [5.74, 6) is 0.258. The summed E-state index contributed by atoms with van der Waals surface area (Å²) in [4.78, 5) is 4.20. The molecule has 3 rings (SSSR count). The number of halogens is 1. The molecule has 1 N–H and O–H groups in total. The van der Waals surface area contributed by atoms with Crippen molar-refractivity contribution >= 4 is 9.84 Å². The Morgan fingerprint density at radius 1 is 1.33 bits per heavy atom. The molecule has 0 aliphatic carbocycles. The summed E-state index contributed by atoms with van der Waals surface area (Å²) in [7, 11) is -3.69. The second-order valence-electron chi connectivity index (χ2n) is 4.99. The third-order valence-electron chi connectivity index (χ3n) is 3.56. The Bertz CT molecular complexity index is 738. The highest BCUT2D eigenvalue weighted by Crippen LogP contribution is 2.28. The van der Waals surface area contributed by atoms with Crippen LogP contribution in [0.5, 0.6) is 0 Å². The highest BCUT2D eigenvalue weighted by atomic mass is 32.2. The SMILES string of the molecule is CC(c1nc(C2CNC2)no1)S(=O)(=O)c1ccc(F)cc1. The molecule has 0 spiro atoms. The molecule has 1 aliphatic rings. The molecule has 1 saturated heterocycles. The van der Waals surface area contributed by atoms with E-state index in [0.717, 1.165) is 25.2 Å². The summed E-state index contributed by atoms with van der Waals surface area (Å²) in [6.07, 6.45) is 0. The Balaban J connectivity index is 1.87. The molecule has 1 unspecified atom stereocenters. The Labute approximate surface area is 121 Å². The van der Waals surface area contributed by atoms with Crippen LogP contribution in [0.15, 0.2) is 33.7 Å². The Hall–Kier alpha value is -1.80. The van der Waals surface area contributed by atoms with Crippen LogP contribution in [-0.2, 0) is 9.84 Å². The van der Waals surface area contributed by atoms with Crippen molar-refractivity contribution in [2.24, 2.45) is 0 Å². The van der Waals surface area contributed by atoms with Gasteiger partial charge in [-0.1, -0.05) is 5.16 Å². The second-order valence-corrected chi connectivity index (χ2v) is 7.26. The van der Waals surface area contributed by atoms with Gasteiger partial charge in [-0.3, -0.25) is 0 Å². The first-order chi connectivity index (χ1) is 9.98. The van der Waals surface area contributed by atoms with E-state index in [2.05, 4.69) is 15.5 Å². The van der Waals surface area contributed by atoms with Crippen molar-refractivity contribution in [3.05, 3.63) is 41.8 Å². The van der Waals surface area contributed by atoms with Crippen LogP contribution in [0.4, 0.5) is 4.39 Å². The van der Waals surface area contributed by atoms with E-state index >= 15 is 0 Å². The molecule has 1 aliphatic heterocycles. The number of benzene rings is 1. The summed E-state index contributed by atoms with van der Waals surface area (Å²) in [6.45, 7) is 3.01. The zero-order valence-corrected chi connectivity index (χ0v) is 12.1. The van der Waals surface area contributed by atoms with Crippen LogP contribution in [0.2, 0.25) is 0 Å². The fourth-order valence-electron chi connectivity index (χ4n) is 2.01. The monoisotopic (exact) mass is 311 g/mol. The summed E-state index contributed by atoms with van der Waals surface area (Å²) >= 11 is 0. The maximum Gasteiger partial charge on any atom is 0.245 e. The Morgan fingerprint density at radius 2 is 2.00 bits per heavy atom. The van der Waals surface area contributed by atoms with E-state index in [1.54, 1.807) is 0 Å². The highest BCUT2D eigenvalue weighted by Gasteiger charge is 2.32. The zero-order chi connectivity index (χ0) is 15.0. The van der Waals surface area contributed by atoms with Gasteiger partial charge in [0.25, 0.3) is 0 Å². The lowest BCUT2D eigenvalue weighted by Crippen LogP contribution is -2.40. The molecule has 21 heavy (non-hydrogen) atoms. The van der Waals surface area contributed by atoms with Gasteiger partial charge in [0.2, 0.25) is 5.89 Å². The fraction of sp³-hybridized carbons (Fsp3) is 0.385. The lowest BCUT2D eigenvalue weighted by molar-refractivity contribution is 0.354. The van der Waals surface area contributed by atoms with Crippen molar-refractivity contribution in [1.29, 1.82) is 0 Å². The van der Waals surface area contributed by atoms with Gasteiger partial charge in [-0.05, 0) is 31.2 Å². The number of hydrogen-bond acceptors (Lipinski definition) is 6. The molecule has 1 aromatic carbocycles. The predicted octanol–water partition coefficient (Wildman–Crippen LogP) is 1.43. The lowest BCUT2D eigenvalue weighted by atomic mass is 10.0. The molecule has 0 radical (unpaired) electrons. The summed E-state index contributed by atoms with van der Waals surface area (Å²) in [6, 6.07) is 4.68. The van der Waals surface area contributed by atoms with Crippen molar-refractivity contribution < 1.29 is 17.3 Å². The van der Waals surface area contributed by atoms with Gasteiger partial charge < -0.3 is 9.84 Å². The number of nitrogens with zero attached hydrogens (tertiary/aromatic N) is 2. The molecule has 8 heteroatoms. The third-order valence-corrected chi connectivity index (χ3v) is 5.62. The van der Waals surface area contributed by atoms with Crippen molar-refractivity contribution in [1.82, 2.24) is 15.5 Å². The number of rotatable bonds is 4. The van der Waals surface area contributed by atoms with Crippen molar-refractivity contribution in [2.45, 2.75) is 23.0 Å². The molecule has 1 fully saturated rings. The standard InChI is InChI=1S/C13H14FN3O3S/c1-8(13-16-12(17-20-13)9-6-15-7-9)21(18,19)11-4-2-10(14)3-5-11/h2-5,8-9,15H,6-7H2,1H3. The minimum atomic E-state index is -3.69. The zero-order valence-electron chi connectivity index (χ0n) is 11.3. The number of hydrogen-bond donors (Lipinski definition) is 1. The Morgan fingerprint density at radius 3 is 2.57 bits per heavy atom. The first kappa shape index (κ1) is 14.2. The van der Waals surface area contributed by atoms with E-state index in [-0.39, 0.29) is 16.7 Å². The summed E-state index contributed by atoms with van der Waals surface area (Å²) in [5.41, 5.74) is 0. The van der Waals surface area contributed by atoms with Crippen LogP contribution in [-0.4, -0.2) is 31.6 Å². The van der Waals surface area contributed by atoms with E-state index in [0.29, 0.717) is 5.82 Å². The van der Waals surface area contributed by atoms with Gasteiger partial charge in [0.1, 0.15) is 11.1 Å². The normalized spacial score (nSPS) is 17.4. The molecule has 1 aromatic heterocycles. The van der Waals surface area contributed by atoms with Gasteiger partial charge >= 0.3 is 0 Å². The van der Waals surface area contributed by atoms with Gasteiger partial charge in [0.05, 0.1) is 4.90 Å². The van der Waals surface area contributed by atoms with Crippen LogP contribution in [0, 0.1) is 5.82 Å². The average Bonchev–Trinajstić information content (AvgIpc) is 2.85. The summed E-state index contributed by atoms with van der Waals surface area (Å²) in [5, 5.41) is 5.94. The summed E-state index contributed by atoms with van der Waals surface area (Å²) < 4.78 is 42.9. The molecule has 1 atom stereocenters. The molecule has 6 nitrogen and oxygen atoms in total. The minimum Gasteiger partial charge on any atom is -0.338 e. The highest BCUT2D eigenvalue weighted by molar-refractivity contribution is 7.91. The molecule has 0 bridgehead atoms. The van der Waals surface area contributed by atoms with Gasteiger partial charge in [-0.15, -0.1) is 0 Å². The molecule has 2 aromatic rings. The van der Waals surface area contributed by atoms with E-state index in [1.165, 1.54) is 19.1 Å². The lowest BCUT2D eigenvalue weighted by Gasteiger charge is -2.23. The number of nitrogens with one attached hydrogen (secondary N) is 1. The van der Waals surface area contributed by atoms with Crippen LogP contribution in [0.1, 0.15) is 29.8 Å². The van der Waals surface area contributed by atoms with E-state index in [9.17, 15) is 12.8 Å². The van der Waals surface area contributed by atoms with Crippen LogP contribution < -0.4 is 5.32 Å². The van der Waals surface area contributed by atoms with Crippen LogP contribution >= 0.6 is 0 Å². The molecular weight excluding hydrogens is 297 g/mol. The molecule has 0 amide bonds. The van der Waals surface area contributed by atoms with E-state index < -0.39 is 20.9 Å². The van der Waals surface area contributed by atoms with Crippen molar-refractivity contribution in [3.63, 3.8) is 0 Å². The first-order valence-electron chi connectivity index (χ1n) is 6.52. The molecule has 112 valence electrons. The topological polar surface area (TPSA) is 85.1 Å². The van der Waals surface area contributed by atoms with Gasteiger partial charge in [-0.25, -0.2) is 12.8 Å². The van der Waals surface area contributed by atoms with Gasteiger partial charge in [-0.2, -0.15) is 4.98 Å². The van der Waals surface area contributed by atoms with Crippen molar-refractivity contribution in [2.75, 3.05) is 13.1 Å². The number of sulfone groups is 1. The maximum atomic E-state index is 12.9. The quantitative estimate of drug-likeness (QED) is 0.860. The van der Waals surface area contributed by atoms with E-state index in [4.69, 9.17) is 4.52 Å². The molecule has 2 heterocycles. The van der Waals surface area contributed by atoms with Gasteiger partial charge in [0.15, 0.2) is 15.7 Å². The minimum absolute atomic E-state index is 0.0291. The Kier molecular flexibility index (Phi) is 3.50. The van der Waals surface area contributed by atoms with Crippen LogP contribution in [0.3, 0.4) is 0 Å². The molecular formula is C13H14FN3O3S. The number of aromatic nitrogens is 2. The predicted molar refractivity (Wildman–Crippen MR) is 71.9 cm³/mol. The third kappa shape index (κ3) is 2.56. The molecule has 0 saturated carbocycles. The van der Waals surface area contributed by atoms with Gasteiger partial charge in [0, 0.05) is 19.0 Å². The first-order valence-corrected chi connectivity index (χ1v) is 8.07. The van der Waals surface area contributed by atoms with Crippen molar-refractivity contribution in [3.8, 4) is 0 Å². The average molecular weight is 311 g/mol. The maximum absolute atomic E-state index is 12.9. The largest absolute Gasteiger partial charge is 0.338 e.